The van der Waals surface area contributed by atoms with Gasteiger partial charge in [-0.3, -0.25) is 4.68 Å². The van der Waals surface area contributed by atoms with Crippen molar-refractivity contribution in [2.24, 2.45) is 0 Å². The molecule has 0 radical (unpaired) electrons. The van der Waals surface area contributed by atoms with E-state index in [4.69, 9.17) is 4.74 Å². The van der Waals surface area contributed by atoms with Gasteiger partial charge in [-0.15, -0.1) is 0 Å². The Bertz CT molecular complexity index is 316. The minimum Gasteiger partial charge on any atom is -0.487 e. The monoisotopic (exact) mass is 208 g/mol. The Kier molecular flexibility index (Phi) is 3.37. The predicted molar refractivity (Wildman–Crippen MR) is 55.8 cm³/mol. The summed E-state index contributed by atoms with van der Waals surface area (Å²) in [7, 11) is 0. The van der Waals surface area contributed by atoms with Crippen LogP contribution in [-0.2, 0) is 11.3 Å². The summed E-state index contributed by atoms with van der Waals surface area (Å²) in [6, 6.07) is 0. The van der Waals surface area contributed by atoms with Crippen LogP contribution in [0.2, 0.25) is 0 Å². The lowest BCUT2D eigenvalue weighted by Crippen LogP contribution is -2.19. The summed E-state index contributed by atoms with van der Waals surface area (Å²) in [6.07, 6.45) is 10.7. The summed E-state index contributed by atoms with van der Waals surface area (Å²) in [4.78, 5) is 10.3. The van der Waals surface area contributed by atoms with Crippen molar-refractivity contribution in [2.45, 2.75) is 44.8 Å². The highest BCUT2D eigenvalue weighted by Gasteiger charge is 2.15. The molecule has 0 saturated heterocycles. The third-order valence-electron chi connectivity index (χ3n) is 2.73. The van der Waals surface area contributed by atoms with Gasteiger partial charge in [0.25, 0.3) is 0 Å². The highest BCUT2D eigenvalue weighted by atomic mass is 16.5. The van der Waals surface area contributed by atoms with Crippen LogP contribution in [0.3, 0.4) is 0 Å². The molecule has 1 saturated carbocycles. The van der Waals surface area contributed by atoms with E-state index < -0.39 is 0 Å². The molecule has 1 aromatic heterocycles. The van der Waals surface area contributed by atoms with Crippen LogP contribution in [0.15, 0.2) is 12.4 Å². The topological polar surface area (TPSA) is 44.1 Å². The van der Waals surface area contributed by atoms with E-state index in [1.165, 1.54) is 19.3 Å². The quantitative estimate of drug-likeness (QED) is 0.708. The summed E-state index contributed by atoms with van der Waals surface area (Å²) in [6.45, 7) is 0.300. The summed E-state index contributed by atoms with van der Waals surface area (Å²) in [5.74, 6) is 0.781. The third kappa shape index (κ3) is 2.81. The first-order chi connectivity index (χ1) is 7.38. The average molecular weight is 208 g/mol. The van der Waals surface area contributed by atoms with Crippen molar-refractivity contribution in [3.8, 4) is 5.75 Å². The molecule has 15 heavy (non-hydrogen) atoms. The van der Waals surface area contributed by atoms with Gasteiger partial charge in [0.15, 0.2) is 5.75 Å². The number of rotatable bonds is 4. The van der Waals surface area contributed by atoms with E-state index in [9.17, 15) is 4.79 Å². The largest absolute Gasteiger partial charge is 0.487 e. The normalized spacial score (nSPS) is 17.6. The van der Waals surface area contributed by atoms with Gasteiger partial charge in [0.05, 0.1) is 25.0 Å². The Morgan fingerprint density at radius 3 is 3.00 bits per heavy atom. The summed E-state index contributed by atoms with van der Waals surface area (Å²) in [5, 5.41) is 4.03. The van der Waals surface area contributed by atoms with Crippen molar-refractivity contribution in [3.05, 3.63) is 12.4 Å². The molecule has 1 aliphatic rings. The van der Waals surface area contributed by atoms with Gasteiger partial charge < -0.3 is 9.53 Å². The molecule has 1 aromatic rings. The fraction of sp³-hybridized carbons (Fsp3) is 0.636. The standard InChI is InChI=1S/C11H16N2O2/c14-7-6-13-9-11(8-12-13)15-10-4-2-1-3-5-10/h7-10H,1-6H2. The smallest absolute Gasteiger partial charge is 0.157 e. The number of nitrogens with zero attached hydrogens (tertiary/aromatic N) is 2. The summed E-state index contributed by atoms with van der Waals surface area (Å²) < 4.78 is 7.37. The van der Waals surface area contributed by atoms with Crippen molar-refractivity contribution < 1.29 is 9.53 Å². The minimum atomic E-state index is 0.300. The van der Waals surface area contributed by atoms with Crippen molar-refractivity contribution >= 4 is 6.29 Å². The van der Waals surface area contributed by atoms with Crippen LogP contribution in [0.5, 0.6) is 5.75 Å². The number of aromatic nitrogens is 2. The number of carbonyl (C=O) groups excluding carboxylic acids is 1. The molecule has 4 nitrogen and oxygen atoms in total. The zero-order chi connectivity index (χ0) is 10.5. The van der Waals surface area contributed by atoms with Crippen LogP contribution in [0.25, 0.3) is 0 Å². The van der Waals surface area contributed by atoms with Gasteiger partial charge in [0.1, 0.15) is 6.29 Å². The van der Waals surface area contributed by atoms with Crippen LogP contribution in [0.4, 0.5) is 0 Å². The zero-order valence-electron chi connectivity index (χ0n) is 8.76. The average Bonchev–Trinajstić information content (AvgIpc) is 2.68. The Hall–Kier alpha value is -1.32. The Balaban J connectivity index is 1.88. The van der Waals surface area contributed by atoms with Gasteiger partial charge in [-0.2, -0.15) is 5.10 Å². The molecule has 0 aromatic carbocycles. The molecule has 1 aliphatic carbocycles. The van der Waals surface area contributed by atoms with E-state index in [2.05, 4.69) is 5.10 Å². The van der Waals surface area contributed by atoms with Gasteiger partial charge in [-0.1, -0.05) is 6.42 Å². The van der Waals surface area contributed by atoms with Crippen LogP contribution in [-0.4, -0.2) is 22.2 Å². The molecule has 1 heterocycles. The van der Waals surface area contributed by atoms with Crippen molar-refractivity contribution in [1.29, 1.82) is 0 Å². The molecule has 0 N–H and O–H groups in total. The van der Waals surface area contributed by atoms with E-state index in [-0.39, 0.29) is 0 Å². The first-order valence-corrected chi connectivity index (χ1v) is 5.51. The Morgan fingerprint density at radius 2 is 2.27 bits per heavy atom. The lowest BCUT2D eigenvalue weighted by atomic mass is 9.98. The fourth-order valence-corrected chi connectivity index (χ4v) is 1.96. The Morgan fingerprint density at radius 1 is 1.47 bits per heavy atom. The molecule has 1 fully saturated rings. The molecular weight excluding hydrogens is 192 g/mol. The van der Waals surface area contributed by atoms with Gasteiger partial charge >= 0.3 is 0 Å². The number of aldehydes is 1. The molecule has 0 atom stereocenters. The maximum absolute atomic E-state index is 10.3. The van der Waals surface area contributed by atoms with E-state index in [0.29, 0.717) is 12.6 Å². The molecule has 82 valence electrons. The number of carbonyl (C=O) groups is 1. The lowest BCUT2D eigenvalue weighted by molar-refractivity contribution is -0.108. The minimum absolute atomic E-state index is 0.300. The zero-order valence-corrected chi connectivity index (χ0v) is 8.76. The van der Waals surface area contributed by atoms with Gasteiger partial charge in [-0.05, 0) is 25.7 Å². The SMILES string of the molecule is O=CCn1cc(OC2CCCCC2)cn1. The van der Waals surface area contributed by atoms with Crippen molar-refractivity contribution in [3.63, 3.8) is 0 Å². The predicted octanol–water partition coefficient (Wildman–Crippen LogP) is 1.79. The molecular formula is C11H16N2O2. The molecule has 0 spiro atoms. The first-order valence-electron chi connectivity index (χ1n) is 5.51. The number of ether oxygens (including phenoxy) is 1. The van der Waals surface area contributed by atoms with E-state index in [0.717, 1.165) is 24.9 Å². The molecule has 0 amide bonds. The summed E-state index contributed by atoms with van der Waals surface area (Å²) >= 11 is 0. The number of hydrogen-bond acceptors (Lipinski definition) is 3. The van der Waals surface area contributed by atoms with Crippen LogP contribution in [0.1, 0.15) is 32.1 Å². The molecule has 4 heteroatoms. The lowest BCUT2D eigenvalue weighted by Gasteiger charge is -2.21. The second-order valence-electron chi connectivity index (χ2n) is 3.94. The molecule has 2 rings (SSSR count). The van der Waals surface area contributed by atoms with Crippen LogP contribution < -0.4 is 4.74 Å². The van der Waals surface area contributed by atoms with Crippen LogP contribution in [0, 0.1) is 0 Å². The third-order valence-corrected chi connectivity index (χ3v) is 2.73. The van der Waals surface area contributed by atoms with Crippen molar-refractivity contribution in [1.82, 2.24) is 9.78 Å². The Labute approximate surface area is 89.2 Å². The van der Waals surface area contributed by atoms with Crippen molar-refractivity contribution in [2.75, 3.05) is 0 Å². The highest BCUT2D eigenvalue weighted by Crippen LogP contribution is 2.22. The van der Waals surface area contributed by atoms with Crippen LogP contribution >= 0.6 is 0 Å². The van der Waals surface area contributed by atoms with E-state index >= 15 is 0 Å². The highest BCUT2D eigenvalue weighted by molar-refractivity contribution is 5.48. The maximum Gasteiger partial charge on any atom is 0.157 e. The van der Waals surface area contributed by atoms with Gasteiger partial charge in [0.2, 0.25) is 0 Å². The van der Waals surface area contributed by atoms with Gasteiger partial charge in [-0.25, -0.2) is 0 Å². The van der Waals surface area contributed by atoms with Gasteiger partial charge in [0, 0.05) is 0 Å². The molecule has 0 aliphatic heterocycles. The second kappa shape index (κ2) is 4.96. The van der Waals surface area contributed by atoms with E-state index in [1.807, 2.05) is 0 Å². The molecule has 0 bridgehead atoms. The summed E-state index contributed by atoms with van der Waals surface area (Å²) in [5.41, 5.74) is 0. The fourth-order valence-electron chi connectivity index (χ4n) is 1.96. The van der Waals surface area contributed by atoms with E-state index in [1.54, 1.807) is 17.1 Å². The maximum atomic E-state index is 10.3. The molecule has 0 unspecified atom stereocenters. The first kappa shape index (κ1) is 10.2. The second-order valence-corrected chi connectivity index (χ2v) is 3.94. The number of hydrogen-bond donors (Lipinski definition) is 0.